The van der Waals surface area contributed by atoms with Crippen LogP contribution in [0, 0.1) is 0 Å². The maximum atomic E-state index is 11.5. The van der Waals surface area contributed by atoms with Crippen molar-refractivity contribution in [1.82, 2.24) is 5.34 Å². The van der Waals surface area contributed by atoms with Crippen molar-refractivity contribution >= 4 is 0 Å². The molecule has 5 heteroatoms. The molecule has 0 aliphatic rings. The molecule has 0 aliphatic carbocycles. The summed E-state index contributed by atoms with van der Waals surface area (Å²) in [5.74, 6) is 0. The van der Waals surface area contributed by atoms with Crippen LogP contribution in [0.1, 0.15) is 26.2 Å². The smallest absolute Gasteiger partial charge is 0.143 e. The summed E-state index contributed by atoms with van der Waals surface area (Å²) < 4.78 is 27.7. The fraction of sp³-hybridized carbons (Fsp3) is 1.00. The zero-order valence-electron chi connectivity index (χ0n) is 7.17. The van der Waals surface area contributed by atoms with E-state index in [0.717, 1.165) is 0 Å². The minimum Gasteiger partial charge on any atom is -0.371 e. The summed E-state index contributed by atoms with van der Waals surface area (Å²) in [6.07, 6.45) is 1.79. The quantitative estimate of drug-likeness (QED) is 0.369. The average molecular weight is 183 g/mol. The van der Waals surface area contributed by atoms with Gasteiger partial charge in [-0.15, -0.1) is 8.96 Å². The molecule has 0 fully saturated rings. The van der Waals surface area contributed by atoms with Crippen molar-refractivity contribution in [2.24, 2.45) is 0 Å². The van der Waals surface area contributed by atoms with E-state index in [1.54, 1.807) is 6.92 Å². The molecule has 1 atom stereocenters. The Balaban J connectivity index is 3.08. The molecule has 0 amide bonds. The normalized spacial score (nSPS) is 13.8. The van der Waals surface area contributed by atoms with Gasteiger partial charge < -0.3 is 9.84 Å². The summed E-state index contributed by atoms with van der Waals surface area (Å²) in [7, 11) is 0. The number of rotatable bonds is 7. The van der Waals surface area contributed by atoms with Crippen LogP contribution < -0.4 is 0 Å². The van der Waals surface area contributed by atoms with Gasteiger partial charge in [-0.3, -0.25) is 0 Å². The first-order valence-electron chi connectivity index (χ1n) is 3.98. The van der Waals surface area contributed by atoms with Crippen LogP contribution in [-0.4, -0.2) is 29.9 Å². The van der Waals surface area contributed by atoms with Crippen LogP contribution in [0.15, 0.2) is 0 Å². The number of ether oxygens (including phenoxy) is 1. The number of aliphatic hydroxyl groups excluding tert-OH is 1. The van der Waals surface area contributed by atoms with Crippen molar-refractivity contribution in [3.05, 3.63) is 0 Å². The lowest BCUT2D eigenvalue weighted by atomic mass is 10.2. The van der Waals surface area contributed by atoms with Gasteiger partial charge in [-0.25, -0.2) is 0 Å². The van der Waals surface area contributed by atoms with Gasteiger partial charge >= 0.3 is 0 Å². The zero-order chi connectivity index (χ0) is 9.40. The molecule has 1 N–H and O–H groups in total. The fourth-order valence-corrected chi connectivity index (χ4v) is 0.874. The van der Waals surface area contributed by atoms with Crippen LogP contribution in [0.4, 0.5) is 8.96 Å². The third kappa shape index (κ3) is 7.84. The van der Waals surface area contributed by atoms with Crippen LogP contribution in [0.5, 0.6) is 0 Å². The molecule has 0 saturated carbocycles. The number of aliphatic hydroxyl groups is 1. The molecule has 0 aromatic carbocycles. The number of halogens is 2. The van der Waals surface area contributed by atoms with Crippen molar-refractivity contribution < 1.29 is 18.8 Å². The second-order valence-electron chi connectivity index (χ2n) is 2.63. The second kappa shape index (κ2) is 7.39. The maximum absolute atomic E-state index is 11.5. The van der Waals surface area contributed by atoms with Crippen molar-refractivity contribution in [1.29, 1.82) is 0 Å². The Morgan fingerprint density at radius 3 is 2.58 bits per heavy atom. The molecule has 74 valence electrons. The van der Waals surface area contributed by atoms with Crippen molar-refractivity contribution in [2.45, 2.75) is 32.3 Å². The maximum Gasteiger partial charge on any atom is 0.143 e. The van der Waals surface area contributed by atoms with Gasteiger partial charge in [0, 0.05) is 5.34 Å². The van der Waals surface area contributed by atoms with Crippen LogP contribution in [0.3, 0.4) is 0 Å². The highest BCUT2D eigenvalue weighted by molar-refractivity contribution is 4.50. The van der Waals surface area contributed by atoms with Gasteiger partial charge in [-0.1, -0.05) is 0 Å². The minimum absolute atomic E-state index is 0.0531. The Bertz CT molecular complexity index is 103. The molecule has 0 aromatic heterocycles. The molecule has 0 rings (SSSR count). The molecule has 0 aliphatic heterocycles. The first kappa shape index (κ1) is 11.7. The average Bonchev–Trinajstić information content (AvgIpc) is 1.98. The van der Waals surface area contributed by atoms with Gasteiger partial charge in [0.1, 0.15) is 6.79 Å². The van der Waals surface area contributed by atoms with E-state index in [0.29, 0.717) is 19.3 Å². The third-order valence-corrected chi connectivity index (χ3v) is 1.55. The van der Waals surface area contributed by atoms with Gasteiger partial charge in [0.2, 0.25) is 0 Å². The van der Waals surface area contributed by atoms with Gasteiger partial charge in [-0.2, -0.15) is 0 Å². The molecule has 0 spiro atoms. The first-order chi connectivity index (χ1) is 5.66. The SMILES string of the molecule is CC(CCCCN(F)F)OCO. The first-order valence-corrected chi connectivity index (χ1v) is 3.98. The van der Waals surface area contributed by atoms with Crippen LogP contribution in [0.2, 0.25) is 0 Å². The van der Waals surface area contributed by atoms with E-state index in [-0.39, 0.29) is 19.4 Å². The Hall–Kier alpha value is -0.260. The topological polar surface area (TPSA) is 32.7 Å². The van der Waals surface area contributed by atoms with E-state index in [4.69, 9.17) is 9.84 Å². The van der Waals surface area contributed by atoms with E-state index >= 15 is 0 Å². The largest absolute Gasteiger partial charge is 0.371 e. The molecule has 0 radical (unpaired) electrons. The highest BCUT2D eigenvalue weighted by Gasteiger charge is 2.02. The summed E-state index contributed by atoms with van der Waals surface area (Å²) >= 11 is 0. The Labute approximate surface area is 70.8 Å². The molecular formula is C7H15F2NO2. The van der Waals surface area contributed by atoms with Crippen molar-refractivity contribution in [3.63, 3.8) is 0 Å². The van der Waals surface area contributed by atoms with Gasteiger partial charge in [0.15, 0.2) is 0 Å². The van der Waals surface area contributed by atoms with Crippen LogP contribution in [0.25, 0.3) is 0 Å². The van der Waals surface area contributed by atoms with Crippen LogP contribution in [-0.2, 0) is 4.74 Å². The molecule has 0 saturated heterocycles. The van der Waals surface area contributed by atoms with Crippen molar-refractivity contribution in [3.8, 4) is 0 Å². The highest BCUT2D eigenvalue weighted by atomic mass is 19.4. The molecular weight excluding hydrogens is 168 g/mol. The predicted octanol–water partition coefficient (Wildman–Crippen LogP) is 1.58. The summed E-state index contributed by atoms with van der Waals surface area (Å²) in [5.41, 5.74) is 0. The molecule has 0 aromatic rings. The Morgan fingerprint density at radius 1 is 1.42 bits per heavy atom. The summed E-state index contributed by atoms with van der Waals surface area (Å²) in [6.45, 7) is 1.30. The lowest BCUT2D eigenvalue weighted by molar-refractivity contribution is -0.153. The number of nitrogens with zero attached hydrogens (tertiary/aromatic N) is 1. The Morgan fingerprint density at radius 2 is 2.08 bits per heavy atom. The summed E-state index contributed by atoms with van der Waals surface area (Å²) in [5, 5.41) is 7.51. The van der Waals surface area contributed by atoms with Gasteiger partial charge in [0.05, 0.1) is 12.6 Å². The van der Waals surface area contributed by atoms with E-state index in [2.05, 4.69) is 0 Å². The van der Waals surface area contributed by atoms with E-state index in [1.807, 2.05) is 0 Å². The lowest BCUT2D eigenvalue weighted by Crippen LogP contribution is -2.10. The van der Waals surface area contributed by atoms with Gasteiger partial charge in [-0.05, 0) is 26.2 Å². The van der Waals surface area contributed by atoms with E-state index < -0.39 is 5.34 Å². The molecule has 1 unspecified atom stereocenters. The standard InChI is InChI=1S/C7H15F2NO2/c1-7(12-6-11)4-2-3-5-10(8)9/h7,11H,2-6H2,1H3. The number of unbranched alkanes of at least 4 members (excludes halogenated alkanes) is 1. The number of hydrogen-bond acceptors (Lipinski definition) is 3. The highest BCUT2D eigenvalue weighted by Crippen LogP contribution is 2.05. The van der Waals surface area contributed by atoms with E-state index in [9.17, 15) is 8.96 Å². The molecule has 0 bridgehead atoms. The lowest BCUT2D eigenvalue weighted by Gasteiger charge is -2.09. The van der Waals surface area contributed by atoms with Gasteiger partial charge in [0.25, 0.3) is 0 Å². The van der Waals surface area contributed by atoms with E-state index in [1.165, 1.54) is 0 Å². The Kier molecular flexibility index (Phi) is 7.23. The summed E-state index contributed by atoms with van der Waals surface area (Å²) in [6, 6.07) is 0. The molecule has 0 heterocycles. The molecule has 3 nitrogen and oxygen atoms in total. The minimum atomic E-state index is -0.822. The second-order valence-corrected chi connectivity index (χ2v) is 2.63. The molecule has 12 heavy (non-hydrogen) atoms. The number of hydrogen-bond donors (Lipinski definition) is 1. The zero-order valence-corrected chi connectivity index (χ0v) is 7.17. The van der Waals surface area contributed by atoms with Crippen LogP contribution >= 0.6 is 0 Å². The fourth-order valence-electron chi connectivity index (χ4n) is 0.874. The monoisotopic (exact) mass is 183 g/mol. The summed E-state index contributed by atoms with van der Waals surface area (Å²) in [4.78, 5) is 0. The third-order valence-electron chi connectivity index (χ3n) is 1.55. The van der Waals surface area contributed by atoms with Crippen molar-refractivity contribution in [2.75, 3.05) is 13.3 Å². The predicted molar refractivity (Wildman–Crippen MR) is 40.4 cm³/mol.